The van der Waals surface area contributed by atoms with Gasteiger partial charge in [-0.1, -0.05) is 6.07 Å². The maximum atomic E-state index is 12.6. The summed E-state index contributed by atoms with van der Waals surface area (Å²) >= 11 is 0. The SMILES string of the molecule is CN(C(=O)C(C)(N)C(F)(F)F)c1cccc(O)c1. The number of likely N-dealkylation sites (N-methyl/N-ethyl adjacent to an activating group) is 1. The van der Waals surface area contributed by atoms with Gasteiger partial charge in [-0.3, -0.25) is 4.79 Å². The van der Waals surface area contributed by atoms with Crippen LogP contribution in [0.1, 0.15) is 6.92 Å². The summed E-state index contributed by atoms with van der Waals surface area (Å²) in [4.78, 5) is 12.5. The molecule has 0 saturated heterocycles. The van der Waals surface area contributed by atoms with Crippen molar-refractivity contribution in [1.29, 1.82) is 0 Å². The van der Waals surface area contributed by atoms with E-state index in [1.54, 1.807) is 0 Å². The minimum atomic E-state index is -4.85. The number of alkyl halides is 3. The molecule has 0 aliphatic heterocycles. The number of phenolic OH excluding ortho intramolecular Hbond substituents is 1. The van der Waals surface area contributed by atoms with Gasteiger partial charge >= 0.3 is 6.18 Å². The first-order valence-corrected chi connectivity index (χ1v) is 5.00. The first kappa shape index (κ1) is 14.3. The van der Waals surface area contributed by atoms with E-state index >= 15 is 0 Å². The Morgan fingerprint density at radius 1 is 1.39 bits per heavy atom. The number of nitrogens with zero attached hydrogens (tertiary/aromatic N) is 1. The molecule has 0 spiro atoms. The molecule has 0 fully saturated rings. The van der Waals surface area contributed by atoms with Gasteiger partial charge < -0.3 is 15.7 Å². The maximum absolute atomic E-state index is 12.6. The number of hydrogen-bond donors (Lipinski definition) is 2. The van der Waals surface area contributed by atoms with E-state index in [0.717, 1.165) is 11.9 Å². The van der Waals surface area contributed by atoms with Crippen LogP contribution in [0, 0.1) is 0 Å². The quantitative estimate of drug-likeness (QED) is 0.851. The van der Waals surface area contributed by atoms with Crippen molar-refractivity contribution in [3.05, 3.63) is 24.3 Å². The normalized spacial score (nSPS) is 15.0. The van der Waals surface area contributed by atoms with Crippen LogP contribution in [-0.2, 0) is 4.79 Å². The van der Waals surface area contributed by atoms with Crippen molar-refractivity contribution >= 4 is 11.6 Å². The zero-order valence-electron chi connectivity index (χ0n) is 9.82. The number of anilines is 1. The van der Waals surface area contributed by atoms with Crippen LogP contribution < -0.4 is 10.6 Å². The first-order chi connectivity index (χ1) is 8.07. The standard InChI is InChI=1S/C11H13F3N2O2/c1-10(15,11(12,13)14)9(18)16(2)7-4-3-5-8(17)6-7/h3-6,17H,15H2,1-2H3. The highest BCUT2D eigenvalue weighted by atomic mass is 19.4. The maximum Gasteiger partial charge on any atom is 0.415 e. The molecule has 0 aliphatic carbocycles. The third-order valence-corrected chi connectivity index (χ3v) is 2.55. The number of carbonyl (C=O) groups excluding carboxylic acids is 1. The first-order valence-electron chi connectivity index (χ1n) is 5.00. The minimum Gasteiger partial charge on any atom is -0.508 e. The Balaban J connectivity index is 3.05. The lowest BCUT2D eigenvalue weighted by Gasteiger charge is -2.30. The number of aromatic hydroxyl groups is 1. The van der Waals surface area contributed by atoms with E-state index in [1.165, 1.54) is 24.3 Å². The van der Waals surface area contributed by atoms with Crippen molar-refractivity contribution < 1.29 is 23.1 Å². The lowest BCUT2D eigenvalue weighted by atomic mass is 10.0. The summed E-state index contributed by atoms with van der Waals surface area (Å²) in [6.07, 6.45) is -4.85. The van der Waals surface area contributed by atoms with E-state index in [1.807, 2.05) is 0 Å². The fourth-order valence-electron chi connectivity index (χ4n) is 1.29. The summed E-state index contributed by atoms with van der Waals surface area (Å²) in [5.74, 6) is -1.46. The van der Waals surface area contributed by atoms with Gasteiger partial charge in [0, 0.05) is 18.8 Å². The summed E-state index contributed by atoms with van der Waals surface area (Å²) in [6.45, 7) is 0.606. The molecule has 1 rings (SSSR count). The fourth-order valence-corrected chi connectivity index (χ4v) is 1.29. The van der Waals surface area contributed by atoms with Gasteiger partial charge in [0.25, 0.3) is 5.91 Å². The molecule has 1 atom stereocenters. The predicted octanol–water partition coefficient (Wildman–Crippen LogP) is 1.63. The van der Waals surface area contributed by atoms with Crippen LogP contribution in [0.15, 0.2) is 24.3 Å². The molecular weight excluding hydrogens is 249 g/mol. The number of phenols is 1. The molecule has 3 N–H and O–H groups in total. The van der Waals surface area contributed by atoms with Crippen molar-refractivity contribution in [2.75, 3.05) is 11.9 Å². The highest BCUT2D eigenvalue weighted by Gasteiger charge is 2.55. The van der Waals surface area contributed by atoms with Crippen LogP contribution in [0.3, 0.4) is 0 Å². The summed E-state index contributed by atoms with van der Waals surface area (Å²) in [7, 11) is 1.16. The van der Waals surface area contributed by atoms with E-state index in [-0.39, 0.29) is 11.4 Å². The predicted molar refractivity (Wildman–Crippen MR) is 60.2 cm³/mol. The Labute approximate surface area is 102 Å². The Hall–Kier alpha value is -1.76. The monoisotopic (exact) mass is 262 g/mol. The van der Waals surface area contributed by atoms with Crippen molar-refractivity contribution in [2.45, 2.75) is 18.6 Å². The van der Waals surface area contributed by atoms with Gasteiger partial charge in [0.1, 0.15) is 5.75 Å². The number of benzene rings is 1. The Morgan fingerprint density at radius 3 is 2.39 bits per heavy atom. The van der Waals surface area contributed by atoms with E-state index in [0.29, 0.717) is 6.92 Å². The summed E-state index contributed by atoms with van der Waals surface area (Å²) in [5, 5.41) is 9.21. The van der Waals surface area contributed by atoms with Crippen molar-refractivity contribution in [3.63, 3.8) is 0 Å². The molecule has 0 aromatic heterocycles. The number of amides is 1. The molecule has 0 heterocycles. The summed E-state index contributed by atoms with van der Waals surface area (Å²) in [6, 6.07) is 5.32. The summed E-state index contributed by atoms with van der Waals surface area (Å²) in [5.41, 5.74) is 2.18. The van der Waals surface area contributed by atoms with Gasteiger partial charge in [0.15, 0.2) is 5.54 Å². The number of nitrogens with two attached hydrogens (primary N) is 1. The average molecular weight is 262 g/mol. The van der Waals surface area contributed by atoms with Crippen molar-refractivity contribution in [1.82, 2.24) is 0 Å². The average Bonchev–Trinajstić information content (AvgIpc) is 2.25. The topological polar surface area (TPSA) is 66.6 Å². The number of rotatable bonds is 2. The highest BCUT2D eigenvalue weighted by Crippen LogP contribution is 2.31. The molecule has 100 valence electrons. The molecule has 7 heteroatoms. The number of halogens is 3. The molecule has 18 heavy (non-hydrogen) atoms. The van der Waals surface area contributed by atoms with E-state index < -0.39 is 17.6 Å². The molecule has 1 aromatic carbocycles. The Morgan fingerprint density at radius 2 is 1.94 bits per heavy atom. The Kier molecular flexibility index (Phi) is 3.57. The van der Waals surface area contributed by atoms with Gasteiger partial charge in [-0.05, 0) is 19.1 Å². The van der Waals surface area contributed by atoms with E-state index in [4.69, 9.17) is 5.73 Å². The molecule has 1 unspecified atom stereocenters. The van der Waals surface area contributed by atoms with Crippen LogP contribution in [0.5, 0.6) is 5.75 Å². The van der Waals surface area contributed by atoms with Gasteiger partial charge in [0.2, 0.25) is 0 Å². The minimum absolute atomic E-state index is 0.126. The summed E-state index contributed by atoms with van der Waals surface area (Å²) < 4.78 is 37.9. The molecule has 4 nitrogen and oxygen atoms in total. The second-order valence-corrected chi connectivity index (χ2v) is 4.08. The molecule has 0 radical (unpaired) electrons. The third-order valence-electron chi connectivity index (χ3n) is 2.55. The lowest BCUT2D eigenvalue weighted by molar-refractivity contribution is -0.185. The van der Waals surface area contributed by atoms with E-state index in [9.17, 15) is 23.1 Å². The molecule has 1 aromatic rings. The van der Waals surface area contributed by atoms with Crippen molar-refractivity contribution in [3.8, 4) is 5.75 Å². The van der Waals surface area contributed by atoms with Gasteiger partial charge in [-0.2, -0.15) is 13.2 Å². The van der Waals surface area contributed by atoms with Gasteiger partial charge in [-0.25, -0.2) is 0 Å². The third kappa shape index (κ3) is 2.56. The highest BCUT2D eigenvalue weighted by molar-refractivity contribution is 6.00. The molecule has 0 bridgehead atoms. The largest absolute Gasteiger partial charge is 0.508 e. The molecule has 0 saturated carbocycles. The van der Waals surface area contributed by atoms with Gasteiger partial charge in [-0.15, -0.1) is 0 Å². The van der Waals surface area contributed by atoms with Crippen LogP contribution >= 0.6 is 0 Å². The van der Waals surface area contributed by atoms with Crippen molar-refractivity contribution in [2.24, 2.45) is 5.73 Å². The smallest absolute Gasteiger partial charge is 0.415 e. The zero-order valence-corrected chi connectivity index (χ0v) is 9.82. The second-order valence-electron chi connectivity index (χ2n) is 4.08. The molecular formula is C11H13F3N2O2. The number of hydrogen-bond acceptors (Lipinski definition) is 3. The van der Waals surface area contributed by atoms with E-state index in [2.05, 4.69) is 0 Å². The molecule has 0 aliphatic rings. The van der Waals surface area contributed by atoms with Gasteiger partial charge in [0.05, 0.1) is 0 Å². The second kappa shape index (κ2) is 4.49. The number of carbonyl (C=O) groups is 1. The molecule has 1 amide bonds. The zero-order chi connectivity index (χ0) is 14.1. The van der Waals surface area contributed by atoms with Crippen LogP contribution in [0.25, 0.3) is 0 Å². The van der Waals surface area contributed by atoms with Crippen LogP contribution in [0.2, 0.25) is 0 Å². The van der Waals surface area contributed by atoms with Crippen LogP contribution in [0.4, 0.5) is 18.9 Å². The Bertz CT molecular complexity index is 458. The van der Waals surface area contributed by atoms with Crippen LogP contribution in [-0.4, -0.2) is 29.8 Å². The lowest BCUT2D eigenvalue weighted by Crippen LogP contribution is -2.61. The fraction of sp³-hybridized carbons (Fsp3) is 0.364.